The summed E-state index contributed by atoms with van der Waals surface area (Å²) in [6.45, 7) is 2.79. The second-order valence-corrected chi connectivity index (χ2v) is 9.13. The van der Waals surface area contributed by atoms with Crippen LogP contribution in [-0.4, -0.2) is 46.4 Å². The number of halogens is 3. The van der Waals surface area contributed by atoms with Gasteiger partial charge in [-0.15, -0.1) is 5.92 Å². The van der Waals surface area contributed by atoms with Crippen molar-refractivity contribution in [1.82, 2.24) is 4.90 Å². The Hall–Kier alpha value is -3.19. The smallest absolute Gasteiger partial charge is 0.445 e. The fraction of sp³-hybridized carbons (Fsp3) is 0.318. The molecule has 6 nitrogen and oxygen atoms in total. The molecule has 1 aliphatic heterocycles. The molecule has 1 aliphatic rings. The fourth-order valence-electron chi connectivity index (χ4n) is 3.32. The molecule has 2 aromatic rings. The molecule has 0 saturated carbocycles. The SMILES string of the molecule is CC#C[C@H]1CN(C(=O)OCc2ccccc2)CCN1c1ccc(S(=N)(=O)C(F)(F)F)cc1. The minimum absolute atomic E-state index is 0.150. The van der Waals surface area contributed by atoms with Gasteiger partial charge < -0.3 is 14.5 Å². The van der Waals surface area contributed by atoms with Gasteiger partial charge in [-0.3, -0.25) is 0 Å². The van der Waals surface area contributed by atoms with E-state index in [0.717, 1.165) is 17.7 Å². The largest absolute Gasteiger partial charge is 0.483 e. The normalized spacial score (nSPS) is 18.3. The molecular weight excluding hydrogens is 443 g/mol. The average Bonchev–Trinajstić information content (AvgIpc) is 2.78. The number of anilines is 1. The first-order valence-corrected chi connectivity index (χ1v) is 11.3. The third kappa shape index (κ3) is 5.16. The van der Waals surface area contributed by atoms with Crippen molar-refractivity contribution in [2.45, 2.75) is 30.0 Å². The second kappa shape index (κ2) is 9.53. The molecule has 0 spiro atoms. The Balaban J connectivity index is 1.70. The van der Waals surface area contributed by atoms with E-state index < -0.39 is 32.3 Å². The van der Waals surface area contributed by atoms with Crippen LogP contribution in [0.25, 0.3) is 0 Å². The molecule has 32 heavy (non-hydrogen) atoms. The lowest BCUT2D eigenvalue weighted by Crippen LogP contribution is -2.54. The number of nitrogens with one attached hydrogen (secondary N) is 1. The zero-order valence-electron chi connectivity index (χ0n) is 17.3. The van der Waals surface area contributed by atoms with Crippen molar-refractivity contribution >= 4 is 21.5 Å². The number of amides is 1. The molecule has 2 aromatic carbocycles. The Labute approximate surface area is 184 Å². The van der Waals surface area contributed by atoms with E-state index in [9.17, 15) is 22.2 Å². The second-order valence-electron chi connectivity index (χ2n) is 7.09. The summed E-state index contributed by atoms with van der Waals surface area (Å²) in [4.78, 5) is 15.3. The van der Waals surface area contributed by atoms with Crippen molar-refractivity contribution in [2.24, 2.45) is 0 Å². The first-order chi connectivity index (χ1) is 15.1. The topological polar surface area (TPSA) is 73.7 Å². The minimum atomic E-state index is -5.14. The summed E-state index contributed by atoms with van der Waals surface area (Å²) < 4.78 is 63.1. The van der Waals surface area contributed by atoms with E-state index in [1.54, 1.807) is 11.8 Å². The summed E-state index contributed by atoms with van der Waals surface area (Å²) in [5.74, 6) is 5.83. The van der Waals surface area contributed by atoms with Crippen LogP contribution >= 0.6 is 0 Å². The third-order valence-corrected chi connectivity index (χ3v) is 6.57. The van der Waals surface area contributed by atoms with E-state index in [-0.39, 0.29) is 13.2 Å². The van der Waals surface area contributed by atoms with E-state index in [2.05, 4.69) is 11.8 Å². The van der Waals surface area contributed by atoms with Crippen LogP contribution in [0.3, 0.4) is 0 Å². The van der Waals surface area contributed by atoms with Gasteiger partial charge in [-0.05, 0) is 36.8 Å². The number of benzene rings is 2. The van der Waals surface area contributed by atoms with Crippen LogP contribution in [0.1, 0.15) is 12.5 Å². The summed E-state index contributed by atoms with van der Waals surface area (Å²) >= 11 is 0. The third-order valence-electron chi connectivity index (χ3n) is 4.98. The van der Waals surface area contributed by atoms with Gasteiger partial charge in [0.25, 0.3) is 0 Å². The molecule has 3 rings (SSSR count). The fourth-order valence-corrected chi connectivity index (χ4v) is 4.11. The molecule has 0 bridgehead atoms. The monoisotopic (exact) mass is 465 g/mol. The molecule has 2 atom stereocenters. The zero-order chi connectivity index (χ0) is 23.4. The quantitative estimate of drug-likeness (QED) is 0.677. The minimum Gasteiger partial charge on any atom is -0.445 e. The molecule has 170 valence electrons. The van der Waals surface area contributed by atoms with E-state index in [1.165, 1.54) is 12.1 Å². The number of carbonyl (C=O) groups excluding carboxylic acids is 1. The van der Waals surface area contributed by atoms with Gasteiger partial charge in [0.2, 0.25) is 0 Å². The van der Waals surface area contributed by atoms with Crippen molar-refractivity contribution < 1.29 is 26.9 Å². The van der Waals surface area contributed by atoms with Crippen molar-refractivity contribution in [3.05, 3.63) is 60.2 Å². The van der Waals surface area contributed by atoms with Crippen molar-refractivity contribution in [2.75, 3.05) is 24.5 Å². The molecule has 0 aromatic heterocycles. The number of piperazine rings is 1. The molecule has 0 radical (unpaired) electrons. The Bertz CT molecular complexity index is 1110. The van der Waals surface area contributed by atoms with Crippen molar-refractivity contribution in [3.63, 3.8) is 0 Å². The average molecular weight is 465 g/mol. The number of carbonyl (C=O) groups is 1. The molecule has 1 unspecified atom stereocenters. The van der Waals surface area contributed by atoms with Gasteiger partial charge in [-0.1, -0.05) is 36.3 Å². The number of hydrogen-bond donors (Lipinski definition) is 1. The first kappa shape index (κ1) is 23.5. The van der Waals surface area contributed by atoms with Gasteiger partial charge in [0.1, 0.15) is 12.6 Å². The van der Waals surface area contributed by atoms with E-state index >= 15 is 0 Å². The number of alkyl halides is 3. The number of rotatable bonds is 4. The highest BCUT2D eigenvalue weighted by atomic mass is 32.2. The zero-order valence-corrected chi connectivity index (χ0v) is 18.1. The van der Waals surface area contributed by atoms with Gasteiger partial charge in [-0.25, -0.2) is 13.8 Å². The maximum absolute atomic E-state index is 12.9. The first-order valence-electron chi connectivity index (χ1n) is 9.73. The Morgan fingerprint density at radius 3 is 2.41 bits per heavy atom. The number of ether oxygens (including phenoxy) is 1. The predicted molar refractivity (Wildman–Crippen MR) is 114 cm³/mol. The maximum Gasteiger partial charge on any atom is 0.483 e. The Morgan fingerprint density at radius 1 is 1.16 bits per heavy atom. The lowest BCUT2D eigenvalue weighted by molar-refractivity contribution is -0.0406. The van der Waals surface area contributed by atoms with Gasteiger partial charge in [0.05, 0.1) is 11.4 Å². The number of nitrogens with zero attached hydrogens (tertiary/aromatic N) is 2. The van der Waals surface area contributed by atoms with Crippen LogP contribution in [0, 0.1) is 16.6 Å². The Morgan fingerprint density at radius 2 is 1.81 bits per heavy atom. The summed E-state index contributed by atoms with van der Waals surface area (Å²) in [6, 6.07) is 13.8. The standard InChI is InChI=1S/C22H22F3N3O3S/c1-2-6-19-15-27(21(29)31-16-17-7-4-3-5-8-17)13-14-28(19)18-9-11-20(12-10-18)32(26,30)22(23,24)25/h3-5,7-12,19,26H,13-16H2,1H3/t19-,32?/m0/s1. The van der Waals surface area contributed by atoms with E-state index in [4.69, 9.17) is 9.52 Å². The van der Waals surface area contributed by atoms with Crippen LogP contribution in [0.15, 0.2) is 59.5 Å². The molecule has 10 heteroatoms. The number of hydrogen-bond acceptors (Lipinski definition) is 5. The van der Waals surface area contributed by atoms with Crippen molar-refractivity contribution in [1.29, 1.82) is 4.78 Å². The molecule has 1 N–H and O–H groups in total. The maximum atomic E-state index is 12.9. The van der Waals surface area contributed by atoms with Crippen LogP contribution < -0.4 is 4.90 Å². The van der Waals surface area contributed by atoms with Crippen molar-refractivity contribution in [3.8, 4) is 11.8 Å². The van der Waals surface area contributed by atoms with E-state index in [0.29, 0.717) is 18.8 Å². The molecular formula is C22H22F3N3O3S. The summed E-state index contributed by atoms with van der Waals surface area (Å²) in [5, 5.41) is 0. The lowest BCUT2D eigenvalue weighted by atomic mass is 10.1. The summed E-state index contributed by atoms with van der Waals surface area (Å²) in [5.41, 5.74) is -3.71. The lowest BCUT2D eigenvalue weighted by Gasteiger charge is -2.40. The van der Waals surface area contributed by atoms with Crippen LogP contribution in [0.2, 0.25) is 0 Å². The molecule has 1 heterocycles. The van der Waals surface area contributed by atoms with Gasteiger partial charge in [-0.2, -0.15) is 13.2 Å². The van der Waals surface area contributed by atoms with Crippen LogP contribution in [0.5, 0.6) is 0 Å². The van der Waals surface area contributed by atoms with Gasteiger partial charge in [0, 0.05) is 18.8 Å². The summed E-state index contributed by atoms with van der Waals surface area (Å²) in [7, 11) is -4.91. The molecule has 1 saturated heterocycles. The van der Waals surface area contributed by atoms with Crippen LogP contribution in [0.4, 0.5) is 23.7 Å². The molecule has 1 fully saturated rings. The highest BCUT2D eigenvalue weighted by Gasteiger charge is 2.43. The van der Waals surface area contributed by atoms with Gasteiger partial charge in [0.15, 0.2) is 9.73 Å². The van der Waals surface area contributed by atoms with Crippen LogP contribution in [-0.2, 0) is 21.1 Å². The highest BCUT2D eigenvalue weighted by Crippen LogP contribution is 2.32. The highest BCUT2D eigenvalue weighted by molar-refractivity contribution is 7.93. The van der Waals surface area contributed by atoms with Gasteiger partial charge >= 0.3 is 11.6 Å². The predicted octanol–water partition coefficient (Wildman–Crippen LogP) is 4.46. The van der Waals surface area contributed by atoms with E-state index in [1.807, 2.05) is 35.2 Å². The summed E-state index contributed by atoms with van der Waals surface area (Å²) in [6.07, 6.45) is -0.467. The Kier molecular flexibility index (Phi) is 6.99. The molecule has 0 aliphatic carbocycles. The molecule has 1 amide bonds.